The molecule has 3 aromatic rings. The third kappa shape index (κ3) is 4.27. The van der Waals surface area contributed by atoms with Crippen LogP contribution in [0.3, 0.4) is 0 Å². The van der Waals surface area contributed by atoms with Gasteiger partial charge in [-0.15, -0.1) is 0 Å². The number of pyridine rings is 1. The Hall–Kier alpha value is -3.15. The molecule has 1 amide bonds. The summed E-state index contributed by atoms with van der Waals surface area (Å²) in [5, 5.41) is 2.93. The molecule has 0 radical (unpaired) electrons. The molecule has 0 bridgehead atoms. The lowest BCUT2D eigenvalue weighted by Gasteiger charge is -2.18. The van der Waals surface area contributed by atoms with Crippen LogP contribution < -0.4 is 5.32 Å². The first kappa shape index (κ1) is 17.7. The highest BCUT2D eigenvalue weighted by Gasteiger charge is 2.17. The highest BCUT2D eigenvalue weighted by molar-refractivity contribution is 5.90. The van der Waals surface area contributed by atoms with E-state index in [0.717, 1.165) is 18.4 Å². The van der Waals surface area contributed by atoms with E-state index in [2.05, 4.69) is 17.2 Å². The number of esters is 1. The van der Waals surface area contributed by atoms with Crippen molar-refractivity contribution in [2.24, 2.45) is 0 Å². The van der Waals surface area contributed by atoms with Crippen molar-refractivity contribution in [3.05, 3.63) is 72.2 Å². The van der Waals surface area contributed by atoms with Gasteiger partial charge >= 0.3 is 5.97 Å². The van der Waals surface area contributed by atoms with Gasteiger partial charge in [0.2, 0.25) is 0 Å². The number of imidazole rings is 1. The van der Waals surface area contributed by atoms with Crippen LogP contribution in [-0.4, -0.2) is 27.9 Å². The van der Waals surface area contributed by atoms with Crippen LogP contribution >= 0.6 is 0 Å². The number of fused-ring (bicyclic) bond motifs is 1. The molecule has 2 aromatic heterocycles. The second-order valence-electron chi connectivity index (χ2n) is 5.99. The van der Waals surface area contributed by atoms with E-state index in [-0.39, 0.29) is 24.2 Å². The van der Waals surface area contributed by atoms with Gasteiger partial charge in [-0.25, -0.2) is 9.78 Å². The van der Waals surface area contributed by atoms with Crippen molar-refractivity contribution in [3.63, 3.8) is 0 Å². The second-order valence-corrected chi connectivity index (χ2v) is 5.99. The predicted octanol–water partition coefficient (Wildman–Crippen LogP) is 3.15. The maximum absolute atomic E-state index is 12.2. The summed E-state index contributed by atoms with van der Waals surface area (Å²) in [4.78, 5) is 28.5. The van der Waals surface area contributed by atoms with Crippen molar-refractivity contribution in [1.82, 2.24) is 14.7 Å². The normalized spacial score (nSPS) is 11.9. The minimum atomic E-state index is -0.615. The van der Waals surface area contributed by atoms with Gasteiger partial charge in [0.05, 0.1) is 6.04 Å². The topological polar surface area (TPSA) is 72.7 Å². The van der Waals surface area contributed by atoms with E-state index in [0.29, 0.717) is 5.65 Å². The van der Waals surface area contributed by atoms with E-state index in [1.165, 1.54) is 0 Å². The van der Waals surface area contributed by atoms with Crippen molar-refractivity contribution in [3.8, 4) is 0 Å². The zero-order chi connectivity index (χ0) is 18.4. The number of hydrogen-bond acceptors (Lipinski definition) is 4. The van der Waals surface area contributed by atoms with Crippen LogP contribution in [-0.2, 0) is 9.53 Å². The van der Waals surface area contributed by atoms with Crippen LogP contribution in [0.5, 0.6) is 0 Å². The van der Waals surface area contributed by atoms with Crippen molar-refractivity contribution in [2.45, 2.75) is 25.8 Å². The van der Waals surface area contributed by atoms with Crippen LogP contribution in [0.1, 0.15) is 41.9 Å². The summed E-state index contributed by atoms with van der Waals surface area (Å²) in [6.45, 7) is 1.73. The van der Waals surface area contributed by atoms with E-state index >= 15 is 0 Å². The zero-order valence-corrected chi connectivity index (χ0v) is 14.6. The summed E-state index contributed by atoms with van der Waals surface area (Å²) in [5.41, 5.74) is 1.86. The van der Waals surface area contributed by atoms with E-state index in [1.807, 2.05) is 42.5 Å². The number of carbonyl (C=O) groups is 2. The number of hydrogen-bond donors (Lipinski definition) is 1. The van der Waals surface area contributed by atoms with Gasteiger partial charge in [0.15, 0.2) is 12.3 Å². The fraction of sp³-hybridized carbons (Fsp3) is 0.250. The molecule has 0 aliphatic rings. The first-order valence-corrected chi connectivity index (χ1v) is 8.62. The smallest absolute Gasteiger partial charge is 0.359 e. The average Bonchev–Trinajstić information content (AvgIpc) is 3.11. The lowest BCUT2D eigenvalue weighted by atomic mass is 10.0. The van der Waals surface area contributed by atoms with Gasteiger partial charge in [-0.2, -0.15) is 0 Å². The Kier molecular flexibility index (Phi) is 5.63. The Morgan fingerprint density at radius 2 is 1.92 bits per heavy atom. The highest BCUT2D eigenvalue weighted by Crippen LogP contribution is 2.17. The van der Waals surface area contributed by atoms with Crippen molar-refractivity contribution in [1.29, 1.82) is 0 Å². The molecule has 0 aliphatic heterocycles. The summed E-state index contributed by atoms with van der Waals surface area (Å²) in [7, 11) is 0. The SMILES string of the molecule is CCC[C@@H](NC(=O)COC(=O)c1cn2ccccc2n1)c1ccccc1. The number of rotatable bonds is 7. The summed E-state index contributed by atoms with van der Waals surface area (Å²) in [6, 6.07) is 15.1. The molecular formula is C20H21N3O3. The molecule has 0 saturated carbocycles. The molecule has 3 rings (SSSR count). The van der Waals surface area contributed by atoms with Gasteiger partial charge in [-0.3, -0.25) is 4.79 Å². The van der Waals surface area contributed by atoms with Gasteiger partial charge in [-0.1, -0.05) is 49.7 Å². The maximum atomic E-state index is 12.2. The Bertz CT molecular complexity index is 856. The number of nitrogens with zero attached hydrogens (tertiary/aromatic N) is 2. The molecule has 0 unspecified atom stereocenters. The third-order valence-electron chi connectivity index (χ3n) is 4.02. The molecule has 1 atom stereocenters. The van der Waals surface area contributed by atoms with Crippen LogP contribution in [0.15, 0.2) is 60.9 Å². The Morgan fingerprint density at radius 3 is 2.65 bits per heavy atom. The molecule has 0 aliphatic carbocycles. The van der Waals surface area contributed by atoms with E-state index in [9.17, 15) is 9.59 Å². The molecule has 6 nitrogen and oxygen atoms in total. The van der Waals surface area contributed by atoms with Gasteiger partial charge in [0.25, 0.3) is 5.91 Å². The number of carbonyl (C=O) groups excluding carboxylic acids is 2. The molecule has 0 spiro atoms. The number of benzene rings is 1. The number of aromatic nitrogens is 2. The van der Waals surface area contributed by atoms with Crippen molar-refractivity contribution >= 4 is 17.5 Å². The minimum absolute atomic E-state index is 0.0948. The fourth-order valence-corrected chi connectivity index (χ4v) is 2.77. The monoisotopic (exact) mass is 351 g/mol. The maximum Gasteiger partial charge on any atom is 0.359 e. The molecule has 6 heteroatoms. The van der Waals surface area contributed by atoms with Crippen LogP contribution in [0, 0.1) is 0 Å². The molecular weight excluding hydrogens is 330 g/mol. The molecule has 0 fully saturated rings. The largest absolute Gasteiger partial charge is 0.451 e. The molecule has 2 heterocycles. The van der Waals surface area contributed by atoms with E-state index in [1.54, 1.807) is 22.9 Å². The number of nitrogens with one attached hydrogen (secondary N) is 1. The Morgan fingerprint density at radius 1 is 1.15 bits per heavy atom. The standard InChI is InChI=1S/C20H21N3O3/c1-2-8-16(15-9-4-3-5-10-15)22-19(24)14-26-20(25)17-13-23-12-7-6-11-18(23)21-17/h3-7,9-13,16H,2,8,14H2,1H3,(H,22,24)/t16-/m1/s1. The third-order valence-corrected chi connectivity index (χ3v) is 4.02. The van der Waals surface area contributed by atoms with Crippen LogP contribution in [0.2, 0.25) is 0 Å². The summed E-state index contributed by atoms with van der Waals surface area (Å²) >= 11 is 0. The minimum Gasteiger partial charge on any atom is -0.451 e. The first-order chi connectivity index (χ1) is 12.7. The zero-order valence-electron chi connectivity index (χ0n) is 14.6. The van der Waals surface area contributed by atoms with Crippen molar-refractivity contribution in [2.75, 3.05) is 6.61 Å². The average molecular weight is 351 g/mol. The lowest BCUT2D eigenvalue weighted by molar-refractivity contribution is -0.125. The van der Waals surface area contributed by atoms with Gasteiger partial charge in [-0.05, 0) is 24.1 Å². The van der Waals surface area contributed by atoms with Gasteiger partial charge in [0, 0.05) is 12.4 Å². The van der Waals surface area contributed by atoms with Crippen LogP contribution in [0.25, 0.3) is 5.65 Å². The second kappa shape index (κ2) is 8.29. The quantitative estimate of drug-likeness (QED) is 0.664. The molecule has 1 aromatic carbocycles. The number of amides is 1. The van der Waals surface area contributed by atoms with Crippen molar-refractivity contribution < 1.29 is 14.3 Å². The molecule has 1 N–H and O–H groups in total. The van der Waals surface area contributed by atoms with E-state index < -0.39 is 5.97 Å². The van der Waals surface area contributed by atoms with E-state index in [4.69, 9.17) is 4.74 Å². The lowest BCUT2D eigenvalue weighted by Crippen LogP contribution is -2.32. The fourth-order valence-electron chi connectivity index (χ4n) is 2.77. The number of ether oxygens (including phenoxy) is 1. The van der Waals surface area contributed by atoms with Crippen LogP contribution in [0.4, 0.5) is 0 Å². The summed E-state index contributed by atoms with van der Waals surface area (Å²) in [6.07, 6.45) is 5.12. The summed E-state index contributed by atoms with van der Waals surface area (Å²) in [5.74, 6) is -0.944. The molecule has 134 valence electrons. The van der Waals surface area contributed by atoms with Gasteiger partial charge < -0.3 is 14.5 Å². The Balaban J connectivity index is 1.58. The molecule has 0 saturated heterocycles. The van der Waals surface area contributed by atoms with Gasteiger partial charge in [0.1, 0.15) is 5.65 Å². The highest BCUT2D eigenvalue weighted by atomic mass is 16.5. The Labute approximate surface area is 151 Å². The predicted molar refractivity (Wildman–Crippen MR) is 97.7 cm³/mol. The summed E-state index contributed by atoms with van der Waals surface area (Å²) < 4.78 is 6.83. The first-order valence-electron chi connectivity index (χ1n) is 8.62. The molecule has 26 heavy (non-hydrogen) atoms.